The van der Waals surface area contributed by atoms with Crippen LogP contribution >= 0.6 is 0 Å². The number of benzene rings is 1. The van der Waals surface area contributed by atoms with Crippen LogP contribution in [0.15, 0.2) is 23.1 Å². The van der Waals surface area contributed by atoms with Crippen molar-refractivity contribution in [2.24, 2.45) is 0 Å². The van der Waals surface area contributed by atoms with Crippen LogP contribution in [0.1, 0.15) is 0 Å². The maximum absolute atomic E-state index is 13.6. The van der Waals surface area contributed by atoms with Gasteiger partial charge in [0.15, 0.2) is 0 Å². The monoisotopic (exact) mass is 287 g/mol. The first-order chi connectivity index (χ1) is 8.80. The molecule has 19 heavy (non-hydrogen) atoms. The summed E-state index contributed by atoms with van der Waals surface area (Å²) in [5.41, 5.74) is 5.40. The number of sulfonamides is 1. The van der Waals surface area contributed by atoms with E-state index in [1.807, 2.05) is 5.32 Å². The van der Waals surface area contributed by atoms with Gasteiger partial charge >= 0.3 is 0 Å². The molecule has 2 amide bonds. The first-order valence-electron chi connectivity index (χ1n) is 5.18. The number of hydrogen-bond acceptors (Lipinski definition) is 5. The molecule has 3 N–H and O–H groups in total. The van der Waals surface area contributed by atoms with Crippen molar-refractivity contribution in [1.82, 2.24) is 9.62 Å². The molecule has 1 aromatic rings. The van der Waals surface area contributed by atoms with Gasteiger partial charge in [-0.2, -0.15) is 4.31 Å². The number of nitrogens with two attached hydrogens (primary N) is 1. The van der Waals surface area contributed by atoms with Gasteiger partial charge in [-0.1, -0.05) is 0 Å². The molecule has 102 valence electrons. The van der Waals surface area contributed by atoms with E-state index in [0.717, 1.165) is 12.1 Å². The summed E-state index contributed by atoms with van der Waals surface area (Å²) >= 11 is 0. The van der Waals surface area contributed by atoms with Crippen LogP contribution in [-0.2, 0) is 19.6 Å². The molecule has 1 aliphatic heterocycles. The molecule has 7 nitrogen and oxygen atoms in total. The molecule has 0 spiro atoms. The van der Waals surface area contributed by atoms with E-state index in [1.54, 1.807) is 0 Å². The summed E-state index contributed by atoms with van der Waals surface area (Å²) in [5, 5.41) is 1.96. The lowest BCUT2D eigenvalue weighted by Gasteiger charge is -2.24. The summed E-state index contributed by atoms with van der Waals surface area (Å²) in [6.45, 7) is -1.06. The fraction of sp³-hybridized carbons (Fsp3) is 0.200. The molecule has 2 rings (SSSR count). The highest BCUT2D eigenvalue weighted by atomic mass is 32.2. The van der Waals surface area contributed by atoms with Crippen molar-refractivity contribution in [2.75, 3.05) is 18.8 Å². The van der Waals surface area contributed by atoms with Crippen LogP contribution < -0.4 is 11.1 Å². The molecule has 0 saturated carbocycles. The van der Waals surface area contributed by atoms with E-state index in [4.69, 9.17) is 5.73 Å². The topological polar surface area (TPSA) is 110 Å². The van der Waals surface area contributed by atoms with Gasteiger partial charge in [0.05, 0.1) is 13.1 Å². The second kappa shape index (κ2) is 4.59. The van der Waals surface area contributed by atoms with Gasteiger partial charge in [0.1, 0.15) is 10.7 Å². The van der Waals surface area contributed by atoms with Gasteiger partial charge in [-0.05, 0) is 18.2 Å². The molecule has 0 aliphatic carbocycles. The Hall–Kier alpha value is -2.00. The van der Waals surface area contributed by atoms with E-state index in [0.29, 0.717) is 4.31 Å². The average Bonchev–Trinajstić information content (AvgIpc) is 2.26. The molecule has 1 fully saturated rings. The third kappa shape index (κ3) is 2.56. The molecule has 0 atom stereocenters. The van der Waals surface area contributed by atoms with E-state index in [2.05, 4.69) is 0 Å². The standard InChI is InChI=1S/C10H10FN3O4S/c11-7-3-6(12)1-2-8(7)19(17,18)14-4-9(15)13-10(16)5-14/h1-3H,4-5,12H2,(H,13,15,16). The Morgan fingerprint density at radius 3 is 2.32 bits per heavy atom. The predicted molar refractivity (Wildman–Crippen MR) is 62.7 cm³/mol. The van der Waals surface area contributed by atoms with Crippen LogP contribution in [0.2, 0.25) is 0 Å². The van der Waals surface area contributed by atoms with Gasteiger partial charge in [0, 0.05) is 5.69 Å². The smallest absolute Gasteiger partial charge is 0.246 e. The average molecular weight is 287 g/mol. The Morgan fingerprint density at radius 1 is 1.21 bits per heavy atom. The lowest BCUT2D eigenvalue weighted by atomic mass is 10.3. The first kappa shape index (κ1) is 13.4. The second-order valence-electron chi connectivity index (χ2n) is 3.93. The molecule has 0 bridgehead atoms. The molecule has 1 aliphatic rings. The largest absolute Gasteiger partial charge is 0.399 e. The minimum absolute atomic E-state index is 0.0731. The van der Waals surface area contributed by atoms with Crippen molar-refractivity contribution >= 4 is 27.5 Å². The van der Waals surface area contributed by atoms with Gasteiger partial charge in [-0.25, -0.2) is 12.8 Å². The number of imide groups is 1. The van der Waals surface area contributed by atoms with E-state index >= 15 is 0 Å². The van der Waals surface area contributed by atoms with Crippen molar-refractivity contribution in [1.29, 1.82) is 0 Å². The number of hydrogen-bond donors (Lipinski definition) is 2. The van der Waals surface area contributed by atoms with E-state index in [9.17, 15) is 22.4 Å². The summed E-state index contributed by atoms with van der Waals surface area (Å²) < 4.78 is 38.5. The fourth-order valence-corrected chi connectivity index (χ4v) is 3.04. The number of halogens is 1. The van der Waals surface area contributed by atoms with Gasteiger partial charge in [-0.3, -0.25) is 14.9 Å². The highest BCUT2D eigenvalue weighted by Gasteiger charge is 2.34. The Bertz CT molecular complexity index is 643. The molecule has 1 saturated heterocycles. The molecular weight excluding hydrogens is 277 g/mol. The second-order valence-corrected chi connectivity index (χ2v) is 5.84. The summed E-state index contributed by atoms with van der Waals surface area (Å²) in [4.78, 5) is 21.7. The lowest BCUT2D eigenvalue weighted by Crippen LogP contribution is -2.53. The summed E-state index contributed by atoms with van der Waals surface area (Å²) in [6, 6.07) is 3.08. The highest BCUT2D eigenvalue weighted by molar-refractivity contribution is 7.89. The van der Waals surface area contributed by atoms with Crippen molar-refractivity contribution in [3.05, 3.63) is 24.0 Å². The number of nitrogens with one attached hydrogen (secondary N) is 1. The highest BCUT2D eigenvalue weighted by Crippen LogP contribution is 2.21. The van der Waals surface area contributed by atoms with E-state index in [-0.39, 0.29) is 5.69 Å². The van der Waals surface area contributed by atoms with E-state index < -0.39 is 45.6 Å². The number of carbonyl (C=O) groups excluding carboxylic acids is 2. The number of anilines is 1. The molecule has 0 unspecified atom stereocenters. The Kier molecular flexibility index (Phi) is 3.25. The van der Waals surface area contributed by atoms with E-state index in [1.165, 1.54) is 6.07 Å². The van der Waals surface area contributed by atoms with Crippen LogP contribution in [0, 0.1) is 5.82 Å². The maximum atomic E-state index is 13.6. The Balaban J connectivity index is 2.42. The van der Waals surface area contributed by atoms with Gasteiger partial charge < -0.3 is 5.73 Å². The van der Waals surface area contributed by atoms with Crippen molar-refractivity contribution in [3.8, 4) is 0 Å². The van der Waals surface area contributed by atoms with Gasteiger partial charge in [-0.15, -0.1) is 0 Å². The zero-order valence-electron chi connectivity index (χ0n) is 9.59. The number of piperazine rings is 1. The quantitative estimate of drug-likeness (QED) is 0.538. The lowest BCUT2D eigenvalue weighted by molar-refractivity contribution is -0.134. The SMILES string of the molecule is Nc1ccc(S(=O)(=O)N2CC(=O)NC(=O)C2)c(F)c1. The zero-order chi connectivity index (χ0) is 14.2. The van der Waals surface area contributed by atoms with Crippen molar-refractivity contribution in [2.45, 2.75) is 4.90 Å². The Morgan fingerprint density at radius 2 is 1.79 bits per heavy atom. The number of carbonyl (C=O) groups is 2. The molecule has 1 aromatic carbocycles. The van der Waals surface area contributed by atoms with Crippen LogP contribution in [0.3, 0.4) is 0 Å². The van der Waals surface area contributed by atoms with Gasteiger partial charge in [0.2, 0.25) is 21.8 Å². The third-order valence-electron chi connectivity index (χ3n) is 2.49. The minimum atomic E-state index is -4.25. The first-order valence-corrected chi connectivity index (χ1v) is 6.62. The normalized spacial score (nSPS) is 17.3. The van der Waals surface area contributed by atoms with Crippen LogP contribution in [0.4, 0.5) is 10.1 Å². The van der Waals surface area contributed by atoms with Crippen molar-refractivity contribution in [3.63, 3.8) is 0 Å². The fourth-order valence-electron chi connectivity index (χ4n) is 1.65. The minimum Gasteiger partial charge on any atom is -0.399 e. The number of nitrogen functional groups attached to an aromatic ring is 1. The Labute approximate surface area is 108 Å². The molecule has 9 heteroatoms. The van der Waals surface area contributed by atoms with Crippen LogP contribution in [0.25, 0.3) is 0 Å². The van der Waals surface area contributed by atoms with Gasteiger partial charge in [0.25, 0.3) is 0 Å². The number of nitrogens with zero attached hydrogens (tertiary/aromatic N) is 1. The molecular formula is C10H10FN3O4S. The third-order valence-corrected chi connectivity index (χ3v) is 4.32. The maximum Gasteiger partial charge on any atom is 0.246 e. The van der Waals surface area contributed by atoms with Crippen molar-refractivity contribution < 1.29 is 22.4 Å². The summed E-state index contributed by atoms with van der Waals surface area (Å²) in [7, 11) is -4.25. The molecule has 1 heterocycles. The predicted octanol–water partition coefficient (Wildman–Crippen LogP) is -0.945. The summed E-state index contributed by atoms with van der Waals surface area (Å²) in [5.74, 6) is -2.54. The zero-order valence-corrected chi connectivity index (χ0v) is 10.4. The summed E-state index contributed by atoms with van der Waals surface area (Å²) in [6.07, 6.45) is 0. The number of amides is 2. The van der Waals surface area contributed by atoms with Crippen LogP contribution in [-0.4, -0.2) is 37.6 Å². The number of rotatable bonds is 2. The molecule has 0 radical (unpaired) electrons. The van der Waals surface area contributed by atoms with Crippen LogP contribution in [0.5, 0.6) is 0 Å². The molecule has 0 aromatic heterocycles.